The topological polar surface area (TPSA) is 38.0 Å². The van der Waals surface area contributed by atoms with Crippen molar-refractivity contribution in [2.45, 2.75) is 25.9 Å². The molecule has 1 fully saturated rings. The van der Waals surface area contributed by atoms with E-state index < -0.39 is 0 Å². The largest absolute Gasteiger partial charge is 0.412 e. The van der Waals surface area contributed by atoms with E-state index in [1.54, 1.807) is 0 Å². The number of likely N-dealkylation sites (N-methyl/N-ethyl adjacent to an activating group) is 1. The van der Waals surface area contributed by atoms with Gasteiger partial charge in [-0.25, -0.2) is 0 Å². The summed E-state index contributed by atoms with van der Waals surface area (Å²) in [6, 6.07) is 11.5. The molecule has 2 N–H and O–H groups in total. The number of benzene rings is 1. The molecule has 1 heterocycles. The van der Waals surface area contributed by atoms with Crippen LogP contribution >= 0.6 is 0 Å². The van der Waals surface area contributed by atoms with Gasteiger partial charge in [-0.15, -0.1) is 0 Å². The van der Waals surface area contributed by atoms with E-state index in [0.717, 1.165) is 19.1 Å². The molecule has 1 aromatic carbocycles. The predicted octanol–water partition coefficient (Wildman–Crippen LogP) is 1.39. The molecule has 17 heavy (non-hydrogen) atoms. The average Bonchev–Trinajstić information content (AvgIpc) is 2.78. The maximum absolute atomic E-state index is 2.56. The smallest absolute Gasteiger partial charge is 0.0234 e. The molecular weight excluding hydrogens is 212 g/mol. The van der Waals surface area contributed by atoms with Gasteiger partial charge in [-0.3, -0.25) is 4.90 Å². The van der Waals surface area contributed by atoms with Gasteiger partial charge in [0.1, 0.15) is 0 Å². The van der Waals surface area contributed by atoms with Gasteiger partial charge in [0, 0.05) is 25.7 Å². The lowest BCUT2D eigenvalue weighted by atomic mass is 10.2. The van der Waals surface area contributed by atoms with Crippen LogP contribution in [0.25, 0.3) is 0 Å². The van der Waals surface area contributed by atoms with E-state index in [1.807, 2.05) is 0 Å². The van der Waals surface area contributed by atoms with E-state index in [4.69, 9.17) is 0 Å². The number of rotatable bonds is 4. The Bertz CT molecular complexity index is 315. The van der Waals surface area contributed by atoms with Crippen LogP contribution in [0.1, 0.15) is 18.9 Å². The van der Waals surface area contributed by atoms with Crippen LogP contribution in [0.2, 0.25) is 0 Å². The van der Waals surface area contributed by atoms with Crippen molar-refractivity contribution in [3.05, 3.63) is 35.9 Å². The Morgan fingerprint density at radius 2 is 2.00 bits per heavy atom. The molecule has 0 aromatic heterocycles. The minimum Gasteiger partial charge on any atom is -0.412 e. The molecule has 0 radical (unpaired) electrons. The standard InChI is InChI=1S/C14H22N2.H2O/c1-3-15(2)14-9-10-16(12-14)11-13-7-5-4-6-8-13;/h4-8,14H,3,9-12H2,1-2H3;1H2. The monoisotopic (exact) mass is 236 g/mol. The summed E-state index contributed by atoms with van der Waals surface area (Å²) in [6.07, 6.45) is 1.32. The van der Waals surface area contributed by atoms with Crippen molar-refractivity contribution in [1.82, 2.24) is 9.80 Å². The second-order valence-corrected chi connectivity index (χ2v) is 4.74. The van der Waals surface area contributed by atoms with Crippen molar-refractivity contribution >= 4 is 0 Å². The molecule has 1 aromatic rings. The first-order valence-corrected chi connectivity index (χ1v) is 6.26. The van der Waals surface area contributed by atoms with Gasteiger partial charge in [-0.1, -0.05) is 37.3 Å². The fraction of sp³-hybridized carbons (Fsp3) is 0.571. The zero-order valence-electron chi connectivity index (χ0n) is 10.9. The lowest BCUT2D eigenvalue weighted by molar-refractivity contribution is 0.238. The fourth-order valence-corrected chi connectivity index (χ4v) is 2.42. The number of hydrogen-bond donors (Lipinski definition) is 0. The SMILES string of the molecule is CCN(C)C1CCN(Cc2ccccc2)C1.O. The third kappa shape index (κ3) is 3.80. The zero-order chi connectivity index (χ0) is 11.4. The summed E-state index contributed by atoms with van der Waals surface area (Å²) >= 11 is 0. The Balaban J connectivity index is 0.00000144. The first-order chi connectivity index (χ1) is 7.79. The van der Waals surface area contributed by atoms with Crippen molar-refractivity contribution < 1.29 is 5.48 Å². The van der Waals surface area contributed by atoms with Crippen molar-refractivity contribution in [2.75, 3.05) is 26.7 Å². The molecule has 3 heteroatoms. The van der Waals surface area contributed by atoms with Crippen molar-refractivity contribution in [3.8, 4) is 0 Å². The van der Waals surface area contributed by atoms with Crippen LogP contribution in [0, 0.1) is 0 Å². The number of nitrogens with zero attached hydrogens (tertiary/aromatic N) is 2. The Kier molecular flexibility index (Phi) is 5.62. The lowest BCUT2D eigenvalue weighted by Gasteiger charge is -2.23. The van der Waals surface area contributed by atoms with Crippen molar-refractivity contribution in [2.24, 2.45) is 0 Å². The highest BCUT2D eigenvalue weighted by atomic mass is 16.0. The van der Waals surface area contributed by atoms with Crippen LogP contribution in [0.3, 0.4) is 0 Å². The maximum Gasteiger partial charge on any atom is 0.0234 e. The maximum atomic E-state index is 2.56. The van der Waals surface area contributed by atoms with Crippen LogP contribution in [0.5, 0.6) is 0 Å². The summed E-state index contributed by atoms with van der Waals surface area (Å²) in [6.45, 7) is 6.96. The van der Waals surface area contributed by atoms with Gasteiger partial charge in [0.2, 0.25) is 0 Å². The van der Waals surface area contributed by atoms with Gasteiger partial charge in [-0.2, -0.15) is 0 Å². The third-order valence-electron chi connectivity index (χ3n) is 3.62. The van der Waals surface area contributed by atoms with Crippen LogP contribution in [0.15, 0.2) is 30.3 Å². The molecule has 3 nitrogen and oxygen atoms in total. The lowest BCUT2D eigenvalue weighted by Crippen LogP contribution is -2.34. The van der Waals surface area contributed by atoms with Crippen LogP contribution in [0.4, 0.5) is 0 Å². The van der Waals surface area contributed by atoms with Gasteiger partial charge in [0.25, 0.3) is 0 Å². The first kappa shape index (κ1) is 14.2. The van der Waals surface area contributed by atoms with Crippen LogP contribution in [-0.2, 0) is 6.54 Å². The summed E-state index contributed by atoms with van der Waals surface area (Å²) in [5.41, 5.74) is 1.43. The predicted molar refractivity (Wildman–Crippen MR) is 72.0 cm³/mol. The molecule has 96 valence electrons. The molecule has 1 aliphatic rings. The van der Waals surface area contributed by atoms with E-state index in [0.29, 0.717) is 0 Å². The highest BCUT2D eigenvalue weighted by molar-refractivity contribution is 5.14. The highest BCUT2D eigenvalue weighted by Crippen LogP contribution is 2.16. The Morgan fingerprint density at radius 1 is 1.29 bits per heavy atom. The van der Waals surface area contributed by atoms with Gasteiger partial charge in [0.15, 0.2) is 0 Å². The second-order valence-electron chi connectivity index (χ2n) is 4.74. The molecule has 1 unspecified atom stereocenters. The molecule has 2 rings (SSSR count). The summed E-state index contributed by atoms with van der Waals surface area (Å²) in [7, 11) is 2.23. The Hall–Kier alpha value is -0.900. The number of hydrogen-bond acceptors (Lipinski definition) is 2. The van der Waals surface area contributed by atoms with Crippen molar-refractivity contribution in [1.29, 1.82) is 0 Å². The van der Waals surface area contributed by atoms with Gasteiger partial charge in [0.05, 0.1) is 0 Å². The Labute approximate surface area is 104 Å². The van der Waals surface area contributed by atoms with E-state index in [2.05, 4.69) is 54.1 Å². The van der Waals surface area contributed by atoms with Gasteiger partial charge < -0.3 is 10.4 Å². The van der Waals surface area contributed by atoms with Crippen LogP contribution < -0.4 is 0 Å². The fourth-order valence-electron chi connectivity index (χ4n) is 2.42. The summed E-state index contributed by atoms with van der Waals surface area (Å²) < 4.78 is 0. The normalized spacial score (nSPS) is 20.5. The van der Waals surface area contributed by atoms with Crippen molar-refractivity contribution in [3.63, 3.8) is 0 Å². The summed E-state index contributed by atoms with van der Waals surface area (Å²) in [4.78, 5) is 5.02. The van der Waals surface area contributed by atoms with Gasteiger partial charge >= 0.3 is 0 Å². The summed E-state index contributed by atoms with van der Waals surface area (Å²) in [5.74, 6) is 0. The highest BCUT2D eigenvalue weighted by Gasteiger charge is 2.24. The molecule has 1 atom stereocenters. The molecule has 0 spiro atoms. The molecule has 1 aliphatic heterocycles. The third-order valence-corrected chi connectivity index (χ3v) is 3.62. The molecular formula is C14H24N2O. The van der Waals surface area contributed by atoms with E-state index >= 15 is 0 Å². The minimum absolute atomic E-state index is 0. The average molecular weight is 236 g/mol. The van der Waals surface area contributed by atoms with Crippen LogP contribution in [-0.4, -0.2) is 48.0 Å². The minimum atomic E-state index is 0. The second kappa shape index (κ2) is 6.74. The molecule has 0 bridgehead atoms. The zero-order valence-corrected chi connectivity index (χ0v) is 10.9. The first-order valence-electron chi connectivity index (χ1n) is 6.26. The molecule has 1 saturated heterocycles. The Morgan fingerprint density at radius 3 is 2.65 bits per heavy atom. The molecule has 0 amide bonds. The van der Waals surface area contributed by atoms with E-state index in [-0.39, 0.29) is 5.48 Å². The van der Waals surface area contributed by atoms with Gasteiger partial charge in [-0.05, 0) is 25.6 Å². The molecule has 0 saturated carbocycles. The van der Waals surface area contributed by atoms with E-state index in [1.165, 1.54) is 25.1 Å². The quantitative estimate of drug-likeness (QED) is 0.792. The number of likely N-dealkylation sites (tertiary alicyclic amines) is 1. The van der Waals surface area contributed by atoms with E-state index in [9.17, 15) is 0 Å². The summed E-state index contributed by atoms with van der Waals surface area (Å²) in [5, 5.41) is 0. The molecule has 0 aliphatic carbocycles.